The van der Waals surface area contributed by atoms with Gasteiger partial charge in [-0.3, -0.25) is 0 Å². The average molecular weight is 340 g/mol. The summed E-state index contributed by atoms with van der Waals surface area (Å²) in [4.78, 5) is 6.94. The molecule has 1 aliphatic carbocycles. The first-order valence-corrected chi connectivity index (χ1v) is 8.25. The molecular weight excluding hydrogens is 314 g/mol. The van der Waals surface area contributed by atoms with Crippen molar-refractivity contribution in [3.63, 3.8) is 0 Å². The Morgan fingerprint density at radius 3 is 2.65 bits per heavy atom. The van der Waals surface area contributed by atoms with Crippen molar-refractivity contribution >= 4 is 21.7 Å². The molecule has 112 valence electrons. The van der Waals surface area contributed by atoms with Gasteiger partial charge in [0, 0.05) is 41.9 Å². The molecule has 0 saturated heterocycles. The zero-order valence-corrected chi connectivity index (χ0v) is 14.6. The molecule has 1 N–H and O–H groups in total. The second-order valence-corrected chi connectivity index (χ2v) is 7.83. The van der Waals surface area contributed by atoms with Gasteiger partial charge in [0.2, 0.25) is 0 Å². The fourth-order valence-corrected chi connectivity index (χ4v) is 2.84. The Bertz CT molecular complexity index is 450. The van der Waals surface area contributed by atoms with Gasteiger partial charge in [0.05, 0.1) is 0 Å². The quantitative estimate of drug-likeness (QED) is 0.879. The van der Waals surface area contributed by atoms with Crippen molar-refractivity contribution in [1.29, 1.82) is 0 Å². The average Bonchev–Trinajstić information content (AvgIpc) is 2.30. The fraction of sp³-hybridized carbons (Fsp3) is 0.688. The van der Waals surface area contributed by atoms with Gasteiger partial charge in [0.1, 0.15) is 5.82 Å². The predicted octanol–water partition coefficient (Wildman–Crippen LogP) is 3.97. The summed E-state index contributed by atoms with van der Waals surface area (Å²) < 4.78 is 1.05. The van der Waals surface area contributed by atoms with Crippen LogP contribution < -0.4 is 10.2 Å². The second kappa shape index (κ2) is 6.44. The summed E-state index contributed by atoms with van der Waals surface area (Å²) in [5.74, 6) is 1.96. The Morgan fingerprint density at radius 2 is 2.10 bits per heavy atom. The summed E-state index contributed by atoms with van der Waals surface area (Å²) in [6, 6.07) is 2.18. The monoisotopic (exact) mass is 339 g/mol. The number of hydrogen-bond donors (Lipinski definition) is 1. The Labute approximate surface area is 131 Å². The Morgan fingerprint density at radius 1 is 1.40 bits per heavy atom. The van der Waals surface area contributed by atoms with E-state index in [1.165, 1.54) is 24.8 Å². The van der Waals surface area contributed by atoms with Crippen LogP contribution in [0.1, 0.15) is 45.6 Å². The van der Waals surface area contributed by atoms with Crippen molar-refractivity contribution in [2.45, 2.75) is 52.1 Å². The van der Waals surface area contributed by atoms with Crippen molar-refractivity contribution in [2.75, 3.05) is 18.5 Å². The minimum Gasteiger partial charge on any atom is -0.359 e. The van der Waals surface area contributed by atoms with Gasteiger partial charge in [0.15, 0.2) is 0 Å². The van der Waals surface area contributed by atoms with Crippen LogP contribution in [-0.2, 0) is 6.54 Å². The Hall–Kier alpha value is -0.610. The summed E-state index contributed by atoms with van der Waals surface area (Å²) in [7, 11) is 2.16. The van der Waals surface area contributed by atoms with Crippen LogP contribution in [0.5, 0.6) is 0 Å². The first-order valence-electron chi connectivity index (χ1n) is 7.46. The van der Waals surface area contributed by atoms with Crippen LogP contribution in [0.3, 0.4) is 0 Å². The van der Waals surface area contributed by atoms with Gasteiger partial charge in [-0.1, -0.05) is 6.42 Å². The molecule has 20 heavy (non-hydrogen) atoms. The smallest absolute Gasteiger partial charge is 0.132 e. The number of halogens is 1. The molecule has 0 aromatic carbocycles. The van der Waals surface area contributed by atoms with Gasteiger partial charge >= 0.3 is 0 Å². The third-order valence-corrected chi connectivity index (χ3v) is 4.27. The summed E-state index contributed by atoms with van der Waals surface area (Å²) >= 11 is 3.53. The molecule has 0 bridgehead atoms. The van der Waals surface area contributed by atoms with E-state index in [1.807, 2.05) is 6.20 Å². The van der Waals surface area contributed by atoms with Gasteiger partial charge in [-0.05, 0) is 61.5 Å². The maximum atomic E-state index is 4.63. The number of nitrogens with one attached hydrogen (secondary N) is 1. The highest BCUT2D eigenvalue weighted by molar-refractivity contribution is 9.10. The predicted molar refractivity (Wildman–Crippen MR) is 89.1 cm³/mol. The number of rotatable bonds is 5. The van der Waals surface area contributed by atoms with Crippen LogP contribution in [0.2, 0.25) is 0 Å². The maximum absolute atomic E-state index is 4.63. The van der Waals surface area contributed by atoms with E-state index < -0.39 is 0 Å². The molecule has 3 nitrogen and oxygen atoms in total. The van der Waals surface area contributed by atoms with Crippen LogP contribution in [0.25, 0.3) is 0 Å². The first kappa shape index (κ1) is 15.8. The molecule has 2 rings (SSSR count). The van der Waals surface area contributed by atoms with E-state index in [1.54, 1.807) is 0 Å². The molecule has 1 aliphatic rings. The molecule has 1 aromatic rings. The van der Waals surface area contributed by atoms with Crippen LogP contribution >= 0.6 is 15.9 Å². The lowest BCUT2D eigenvalue weighted by Gasteiger charge is -2.32. The van der Waals surface area contributed by atoms with E-state index in [0.717, 1.165) is 29.3 Å². The van der Waals surface area contributed by atoms with Gasteiger partial charge in [0.25, 0.3) is 0 Å². The maximum Gasteiger partial charge on any atom is 0.132 e. The SMILES string of the molecule is CN(CC1CCC1)c1ncc(Br)cc1CNC(C)(C)C. The number of hydrogen-bond acceptors (Lipinski definition) is 3. The topological polar surface area (TPSA) is 28.2 Å². The van der Waals surface area contributed by atoms with Gasteiger partial charge in [-0.15, -0.1) is 0 Å². The number of pyridine rings is 1. The molecule has 1 aromatic heterocycles. The molecule has 0 aliphatic heterocycles. The van der Waals surface area contributed by atoms with E-state index in [4.69, 9.17) is 0 Å². The lowest BCUT2D eigenvalue weighted by atomic mass is 9.85. The lowest BCUT2D eigenvalue weighted by Crippen LogP contribution is -2.36. The van der Waals surface area contributed by atoms with Crippen molar-refractivity contribution in [1.82, 2.24) is 10.3 Å². The molecule has 0 spiro atoms. The molecule has 0 atom stereocenters. The van der Waals surface area contributed by atoms with E-state index >= 15 is 0 Å². The standard InChI is InChI=1S/C16H26BrN3/c1-16(2,3)19-9-13-8-14(17)10-18-15(13)20(4)11-12-6-5-7-12/h8,10,12,19H,5-7,9,11H2,1-4H3. The van der Waals surface area contributed by atoms with E-state index in [9.17, 15) is 0 Å². The van der Waals surface area contributed by atoms with Gasteiger partial charge < -0.3 is 10.2 Å². The Kier molecular flexibility index (Phi) is 5.08. The van der Waals surface area contributed by atoms with Crippen LogP contribution in [-0.4, -0.2) is 24.1 Å². The van der Waals surface area contributed by atoms with Crippen LogP contribution in [0, 0.1) is 5.92 Å². The number of nitrogens with zero attached hydrogens (tertiary/aromatic N) is 2. The zero-order chi connectivity index (χ0) is 14.8. The van der Waals surface area contributed by atoms with E-state index in [-0.39, 0.29) is 5.54 Å². The van der Waals surface area contributed by atoms with Crippen molar-refractivity contribution in [3.8, 4) is 0 Å². The zero-order valence-electron chi connectivity index (χ0n) is 13.0. The molecular formula is C16H26BrN3. The number of aromatic nitrogens is 1. The van der Waals surface area contributed by atoms with Crippen molar-refractivity contribution < 1.29 is 0 Å². The largest absolute Gasteiger partial charge is 0.359 e. The molecule has 0 unspecified atom stereocenters. The normalized spacial score (nSPS) is 16.1. The highest BCUT2D eigenvalue weighted by Crippen LogP contribution is 2.29. The Balaban J connectivity index is 2.09. The lowest BCUT2D eigenvalue weighted by molar-refractivity contribution is 0.320. The van der Waals surface area contributed by atoms with Crippen LogP contribution in [0.15, 0.2) is 16.7 Å². The highest BCUT2D eigenvalue weighted by atomic mass is 79.9. The second-order valence-electron chi connectivity index (χ2n) is 6.92. The minimum absolute atomic E-state index is 0.117. The fourth-order valence-electron chi connectivity index (χ4n) is 2.46. The van der Waals surface area contributed by atoms with E-state index in [2.05, 4.69) is 65.0 Å². The van der Waals surface area contributed by atoms with E-state index in [0.29, 0.717) is 0 Å². The first-order chi connectivity index (χ1) is 9.35. The highest BCUT2D eigenvalue weighted by Gasteiger charge is 2.21. The van der Waals surface area contributed by atoms with Gasteiger partial charge in [-0.25, -0.2) is 4.98 Å². The molecule has 0 amide bonds. The molecule has 1 saturated carbocycles. The van der Waals surface area contributed by atoms with Crippen molar-refractivity contribution in [2.24, 2.45) is 5.92 Å². The molecule has 0 radical (unpaired) electrons. The summed E-state index contributed by atoms with van der Waals surface area (Å²) in [5, 5.41) is 3.55. The number of anilines is 1. The van der Waals surface area contributed by atoms with Crippen molar-refractivity contribution in [3.05, 3.63) is 22.3 Å². The van der Waals surface area contributed by atoms with Gasteiger partial charge in [-0.2, -0.15) is 0 Å². The summed E-state index contributed by atoms with van der Waals surface area (Å²) in [6.45, 7) is 8.54. The molecule has 1 fully saturated rings. The molecule has 1 heterocycles. The third kappa shape index (κ3) is 4.45. The summed E-state index contributed by atoms with van der Waals surface area (Å²) in [5.41, 5.74) is 1.38. The summed E-state index contributed by atoms with van der Waals surface area (Å²) in [6.07, 6.45) is 6.03. The van der Waals surface area contributed by atoms with Crippen LogP contribution in [0.4, 0.5) is 5.82 Å². The third-order valence-electron chi connectivity index (χ3n) is 3.84. The molecule has 4 heteroatoms. The minimum atomic E-state index is 0.117.